The van der Waals surface area contributed by atoms with E-state index in [1.54, 1.807) is 6.20 Å². The first-order chi connectivity index (χ1) is 12.6. The lowest BCUT2D eigenvalue weighted by atomic mass is 9.71. The van der Waals surface area contributed by atoms with Gasteiger partial charge in [-0.1, -0.05) is 6.07 Å². The number of aryl methyl sites for hydroxylation is 1. The lowest BCUT2D eigenvalue weighted by Gasteiger charge is -2.42. The Labute approximate surface area is 156 Å². The van der Waals surface area contributed by atoms with Crippen LogP contribution in [0.2, 0.25) is 0 Å². The van der Waals surface area contributed by atoms with E-state index in [4.69, 9.17) is 4.74 Å². The van der Waals surface area contributed by atoms with Gasteiger partial charge in [0.25, 0.3) is 5.91 Å². The molecule has 0 bridgehead atoms. The van der Waals surface area contributed by atoms with E-state index in [0.29, 0.717) is 17.0 Å². The van der Waals surface area contributed by atoms with Crippen molar-refractivity contribution in [2.75, 3.05) is 46.4 Å². The summed E-state index contributed by atoms with van der Waals surface area (Å²) in [5.74, 6) is 1.50. The van der Waals surface area contributed by atoms with Gasteiger partial charge < -0.3 is 14.5 Å². The molecule has 142 valence electrons. The zero-order valence-corrected chi connectivity index (χ0v) is 16.1. The molecule has 2 aliphatic heterocycles. The standard InChI is InChI=1S/C21H31N3O2/c1-16-3-6-19(22-11-16)20(25)24-9-7-21(8-10-24)15-23(2)12-18(21)14-26-13-17-4-5-17/h3,6,11,17-18H,4-5,7-10,12-15H2,1-2H3. The summed E-state index contributed by atoms with van der Waals surface area (Å²) >= 11 is 0. The predicted octanol–water partition coefficient (Wildman–Crippen LogP) is 2.60. The summed E-state index contributed by atoms with van der Waals surface area (Å²) in [5.41, 5.74) is 1.97. The second-order valence-corrected chi connectivity index (χ2v) is 8.75. The van der Waals surface area contributed by atoms with Crippen LogP contribution in [0.3, 0.4) is 0 Å². The molecule has 5 heteroatoms. The van der Waals surface area contributed by atoms with Gasteiger partial charge in [0, 0.05) is 44.9 Å². The fraction of sp³-hybridized carbons (Fsp3) is 0.714. The Bertz CT molecular complexity index is 633. The fourth-order valence-electron chi connectivity index (χ4n) is 4.67. The van der Waals surface area contributed by atoms with Crippen LogP contribution in [0.15, 0.2) is 18.3 Å². The Kier molecular flexibility index (Phi) is 5.02. The Balaban J connectivity index is 1.35. The molecule has 1 aromatic heterocycles. The zero-order chi connectivity index (χ0) is 18.1. The Morgan fingerprint density at radius 3 is 2.69 bits per heavy atom. The summed E-state index contributed by atoms with van der Waals surface area (Å²) < 4.78 is 6.05. The molecule has 1 aliphatic carbocycles. The normalized spacial score (nSPS) is 25.8. The van der Waals surface area contributed by atoms with Crippen molar-refractivity contribution < 1.29 is 9.53 Å². The van der Waals surface area contributed by atoms with Crippen LogP contribution in [0.5, 0.6) is 0 Å². The number of carbonyl (C=O) groups is 1. The summed E-state index contributed by atoms with van der Waals surface area (Å²) in [6.07, 6.45) is 6.62. The summed E-state index contributed by atoms with van der Waals surface area (Å²) in [6.45, 7) is 7.75. The highest BCUT2D eigenvalue weighted by atomic mass is 16.5. The van der Waals surface area contributed by atoms with E-state index in [-0.39, 0.29) is 5.91 Å². The third-order valence-electron chi connectivity index (χ3n) is 6.53. The van der Waals surface area contributed by atoms with Gasteiger partial charge in [0.1, 0.15) is 5.69 Å². The van der Waals surface area contributed by atoms with Gasteiger partial charge in [0.2, 0.25) is 0 Å². The number of likely N-dealkylation sites (tertiary alicyclic amines) is 2. The van der Waals surface area contributed by atoms with Crippen molar-refractivity contribution >= 4 is 5.91 Å². The van der Waals surface area contributed by atoms with Gasteiger partial charge in [-0.2, -0.15) is 0 Å². The van der Waals surface area contributed by atoms with Crippen LogP contribution in [-0.4, -0.2) is 67.1 Å². The molecule has 5 nitrogen and oxygen atoms in total. The number of ether oxygens (including phenoxy) is 1. The number of hydrogen-bond donors (Lipinski definition) is 0. The highest BCUT2D eigenvalue weighted by Crippen LogP contribution is 2.44. The highest BCUT2D eigenvalue weighted by molar-refractivity contribution is 5.92. The molecule has 3 aliphatic rings. The lowest BCUT2D eigenvalue weighted by Crippen LogP contribution is -2.47. The minimum Gasteiger partial charge on any atom is -0.381 e. The lowest BCUT2D eigenvalue weighted by molar-refractivity contribution is 0.0178. The third kappa shape index (κ3) is 3.79. The first-order valence-electron chi connectivity index (χ1n) is 10.0. The maximum Gasteiger partial charge on any atom is 0.272 e. The molecule has 1 unspecified atom stereocenters. The van der Waals surface area contributed by atoms with E-state index in [9.17, 15) is 4.79 Å². The molecule has 0 N–H and O–H groups in total. The molecule has 1 amide bonds. The second kappa shape index (κ2) is 7.28. The number of hydrogen-bond acceptors (Lipinski definition) is 4. The molecule has 3 fully saturated rings. The number of aromatic nitrogens is 1. The number of nitrogens with zero attached hydrogens (tertiary/aromatic N) is 3. The van der Waals surface area contributed by atoms with E-state index in [1.165, 1.54) is 12.8 Å². The van der Waals surface area contributed by atoms with Gasteiger partial charge in [-0.25, -0.2) is 0 Å². The first kappa shape index (κ1) is 17.9. The maximum absolute atomic E-state index is 12.7. The highest BCUT2D eigenvalue weighted by Gasteiger charge is 2.47. The van der Waals surface area contributed by atoms with Gasteiger partial charge in [0.05, 0.1) is 6.61 Å². The topological polar surface area (TPSA) is 45.7 Å². The molecule has 0 aromatic carbocycles. The molecule has 0 radical (unpaired) electrons. The summed E-state index contributed by atoms with van der Waals surface area (Å²) in [5, 5.41) is 0. The number of rotatable bonds is 5. The van der Waals surface area contributed by atoms with E-state index >= 15 is 0 Å². The predicted molar refractivity (Wildman–Crippen MR) is 101 cm³/mol. The maximum atomic E-state index is 12.7. The van der Waals surface area contributed by atoms with Crippen LogP contribution in [0, 0.1) is 24.2 Å². The van der Waals surface area contributed by atoms with Gasteiger partial charge in [0.15, 0.2) is 0 Å². The zero-order valence-electron chi connectivity index (χ0n) is 16.1. The van der Waals surface area contributed by atoms with Crippen molar-refractivity contribution in [3.8, 4) is 0 Å². The molecule has 2 saturated heterocycles. The largest absolute Gasteiger partial charge is 0.381 e. The molecular weight excluding hydrogens is 326 g/mol. The summed E-state index contributed by atoms with van der Waals surface area (Å²) in [7, 11) is 2.22. The van der Waals surface area contributed by atoms with Crippen molar-refractivity contribution in [1.82, 2.24) is 14.8 Å². The summed E-state index contributed by atoms with van der Waals surface area (Å²) in [6, 6.07) is 3.81. The second-order valence-electron chi connectivity index (χ2n) is 8.75. The molecule has 26 heavy (non-hydrogen) atoms. The average Bonchev–Trinajstić information content (AvgIpc) is 3.41. The first-order valence-corrected chi connectivity index (χ1v) is 10.0. The monoisotopic (exact) mass is 357 g/mol. The minimum atomic E-state index is 0.0766. The molecule has 1 saturated carbocycles. The Morgan fingerprint density at radius 2 is 2.04 bits per heavy atom. The van der Waals surface area contributed by atoms with Gasteiger partial charge in [-0.3, -0.25) is 9.78 Å². The van der Waals surface area contributed by atoms with Crippen molar-refractivity contribution in [2.24, 2.45) is 17.3 Å². The summed E-state index contributed by atoms with van der Waals surface area (Å²) in [4.78, 5) is 21.5. The molecule has 1 atom stereocenters. The Morgan fingerprint density at radius 1 is 1.27 bits per heavy atom. The van der Waals surface area contributed by atoms with Crippen LogP contribution in [0.25, 0.3) is 0 Å². The van der Waals surface area contributed by atoms with Gasteiger partial charge in [-0.15, -0.1) is 0 Å². The van der Waals surface area contributed by atoms with E-state index < -0.39 is 0 Å². The van der Waals surface area contributed by atoms with Gasteiger partial charge >= 0.3 is 0 Å². The van der Waals surface area contributed by atoms with E-state index in [1.807, 2.05) is 24.0 Å². The SMILES string of the molecule is Cc1ccc(C(=O)N2CCC3(CC2)CN(C)CC3COCC2CC2)nc1. The van der Waals surface area contributed by atoms with E-state index in [2.05, 4.69) is 16.9 Å². The third-order valence-corrected chi connectivity index (χ3v) is 6.53. The van der Waals surface area contributed by atoms with Gasteiger partial charge in [-0.05, 0) is 62.6 Å². The van der Waals surface area contributed by atoms with Crippen LogP contribution in [0.1, 0.15) is 41.7 Å². The van der Waals surface area contributed by atoms with Crippen LogP contribution < -0.4 is 0 Å². The van der Waals surface area contributed by atoms with Crippen molar-refractivity contribution in [3.63, 3.8) is 0 Å². The van der Waals surface area contributed by atoms with E-state index in [0.717, 1.165) is 63.7 Å². The van der Waals surface area contributed by atoms with Crippen LogP contribution in [0.4, 0.5) is 0 Å². The quantitative estimate of drug-likeness (QED) is 0.813. The van der Waals surface area contributed by atoms with Crippen LogP contribution >= 0.6 is 0 Å². The fourth-order valence-corrected chi connectivity index (χ4v) is 4.67. The molecule has 3 heterocycles. The van der Waals surface area contributed by atoms with Crippen molar-refractivity contribution in [2.45, 2.75) is 32.6 Å². The average molecular weight is 357 g/mol. The van der Waals surface area contributed by atoms with Crippen molar-refractivity contribution in [1.29, 1.82) is 0 Å². The molecular formula is C21H31N3O2. The number of amides is 1. The smallest absolute Gasteiger partial charge is 0.272 e. The number of carbonyl (C=O) groups excluding carboxylic acids is 1. The van der Waals surface area contributed by atoms with Crippen LogP contribution in [-0.2, 0) is 4.74 Å². The minimum absolute atomic E-state index is 0.0766. The number of piperidine rings is 1. The molecule has 1 aromatic rings. The Hall–Kier alpha value is -1.46. The molecule has 4 rings (SSSR count). The van der Waals surface area contributed by atoms with Crippen molar-refractivity contribution in [3.05, 3.63) is 29.6 Å². The number of pyridine rings is 1. The molecule has 1 spiro atoms.